The lowest BCUT2D eigenvalue weighted by molar-refractivity contribution is -0.448. The lowest BCUT2D eigenvalue weighted by atomic mass is 10.4. The molecule has 0 spiro atoms. The lowest BCUT2D eigenvalue weighted by Crippen LogP contribution is -2.52. The standard InChI is InChI=1S/C13H25O5/c1-7-14-12(18-11(5)6)13(15-8-2,16-9-3)17-10-4/h12H,1,5,7-10H2,2-4,6H3. The molecule has 0 saturated heterocycles. The molecule has 0 aromatic carbocycles. The summed E-state index contributed by atoms with van der Waals surface area (Å²) in [4.78, 5) is 0. The average Bonchev–Trinajstić information content (AvgIpc) is 2.29. The number of rotatable bonds is 11. The zero-order chi connectivity index (χ0) is 14.0. The van der Waals surface area contributed by atoms with Crippen molar-refractivity contribution in [3.05, 3.63) is 19.3 Å². The Kier molecular flexibility index (Phi) is 9.01. The third-order valence-electron chi connectivity index (χ3n) is 1.90. The van der Waals surface area contributed by atoms with Gasteiger partial charge in [-0.1, -0.05) is 6.58 Å². The summed E-state index contributed by atoms with van der Waals surface area (Å²) in [5, 5.41) is 0. The molecule has 1 unspecified atom stereocenters. The van der Waals surface area contributed by atoms with Crippen molar-refractivity contribution in [2.45, 2.75) is 40.0 Å². The van der Waals surface area contributed by atoms with Crippen LogP contribution in [0.15, 0.2) is 12.3 Å². The Balaban J connectivity index is 5.06. The summed E-state index contributed by atoms with van der Waals surface area (Å²) in [6.07, 6.45) is -0.868. The quantitative estimate of drug-likeness (QED) is 0.422. The summed E-state index contributed by atoms with van der Waals surface area (Å²) < 4.78 is 27.6. The molecule has 0 bridgehead atoms. The van der Waals surface area contributed by atoms with Crippen molar-refractivity contribution in [3.63, 3.8) is 0 Å². The van der Waals surface area contributed by atoms with E-state index in [4.69, 9.17) is 23.7 Å². The molecule has 5 nitrogen and oxygen atoms in total. The number of hydrogen-bond donors (Lipinski definition) is 0. The predicted molar refractivity (Wildman–Crippen MR) is 68.6 cm³/mol. The Morgan fingerprint density at radius 3 is 1.78 bits per heavy atom. The molecule has 1 atom stereocenters. The summed E-state index contributed by atoms with van der Waals surface area (Å²) in [6, 6.07) is 0. The smallest absolute Gasteiger partial charge is 0.349 e. The van der Waals surface area contributed by atoms with Crippen molar-refractivity contribution in [2.24, 2.45) is 0 Å². The highest BCUT2D eigenvalue weighted by molar-refractivity contribution is 4.78. The lowest BCUT2D eigenvalue weighted by Gasteiger charge is -2.37. The molecular formula is C13H25O5. The SMILES string of the molecule is [CH2]COC(OC(=C)C)C(OCC)(OCC)OCC. The highest BCUT2D eigenvalue weighted by atomic mass is 16.9. The molecule has 0 N–H and O–H groups in total. The van der Waals surface area contributed by atoms with Gasteiger partial charge in [-0.25, -0.2) is 0 Å². The Bertz CT molecular complexity index is 212. The number of allylic oxidation sites excluding steroid dienone is 1. The van der Waals surface area contributed by atoms with Crippen molar-refractivity contribution in [1.29, 1.82) is 0 Å². The van der Waals surface area contributed by atoms with E-state index in [1.807, 2.05) is 20.8 Å². The van der Waals surface area contributed by atoms with E-state index in [2.05, 4.69) is 13.5 Å². The molecule has 0 rings (SSSR count). The molecule has 0 amide bonds. The fourth-order valence-corrected chi connectivity index (χ4v) is 1.43. The molecule has 0 fully saturated rings. The van der Waals surface area contributed by atoms with Gasteiger partial charge in [0.25, 0.3) is 6.29 Å². The van der Waals surface area contributed by atoms with Crippen molar-refractivity contribution in [3.8, 4) is 0 Å². The normalized spacial score (nSPS) is 13.4. The highest BCUT2D eigenvalue weighted by Gasteiger charge is 2.45. The van der Waals surface area contributed by atoms with Crippen LogP contribution in [0.1, 0.15) is 27.7 Å². The van der Waals surface area contributed by atoms with Crippen LogP contribution in [0.5, 0.6) is 0 Å². The molecule has 0 aliphatic carbocycles. The highest BCUT2D eigenvalue weighted by Crippen LogP contribution is 2.25. The van der Waals surface area contributed by atoms with E-state index in [1.54, 1.807) is 6.92 Å². The van der Waals surface area contributed by atoms with Crippen LogP contribution in [0.4, 0.5) is 0 Å². The van der Waals surface area contributed by atoms with Crippen LogP contribution in [0.3, 0.4) is 0 Å². The van der Waals surface area contributed by atoms with Crippen LogP contribution < -0.4 is 0 Å². The van der Waals surface area contributed by atoms with Crippen molar-refractivity contribution in [2.75, 3.05) is 26.4 Å². The van der Waals surface area contributed by atoms with Gasteiger partial charge >= 0.3 is 5.97 Å². The fraction of sp³-hybridized carbons (Fsp3) is 0.769. The van der Waals surface area contributed by atoms with Gasteiger partial charge in [0.1, 0.15) is 0 Å². The number of ether oxygens (including phenoxy) is 5. The molecule has 0 heterocycles. The molecule has 18 heavy (non-hydrogen) atoms. The summed E-state index contributed by atoms with van der Waals surface area (Å²) in [5.74, 6) is -0.911. The Morgan fingerprint density at radius 2 is 1.50 bits per heavy atom. The van der Waals surface area contributed by atoms with Crippen LogP contribution in [0, 0.1) is 6.92 Å². The van der Waals surface area contributed by atoms with Crippen molar-refractivity contribution in [1.82, 2.24) is 0 Å². The largest absolute Gasteiger partial charge is 0.462 e. The molecule has 0 saturated carbocycles. The van der Waals surface area contributed by atoms with Gasteiger partial charge in [0.15, 0.2) is 0 Å². The van der Waals surface area contributed by atoms with Gasteiger partial charge in [-0.2, -0.15) is 0 Å². The maximum atomic E-state index is 5.56. The van der Waals surface area contributed by atoms with Crippen molar-refractivity contribution >= 4 is 0 Å². The first-order valence-electron chi connectivity index (χ1n) is 6.21. The van der Waals surface area contributed by atoms with Gasteiger partial charge in [-0.05, 0) is 34.6 Å². The molecule has 1 radical (unpaired) electrons. The van der Waals surface area contributed by atoms with Crippen LogP contribution in [0.2, 0.25) is 0 Å². The van der Waals surface area contributed by atoms with Crippen LogP contribution in [0.25, 0.3) is 0 Å². The summed E-state index contributed by atoms with van der Waals surface area (Å²) >= 11 is 0. The minimum Gasteiger partial charge on any atom is -0.462 e. The second-order valence-electron chi connectivity index (χ2n) is 3.43. The summed E-state index contributed by atoms with van der Waals surface area (Å²) in [6.45, 7) is 16.0. The topological polar surface area (TPSA) is 46.2 Å². The third kappa shape index (κ3) is 5.35. The maximum Gasteiger partial charge on any atom is 0.349 e. The molecule has 5 heteroatoms. The first-order valence-corrected chi connectivity index (χ1v) is 6.21. The van der Waals surface area contributed by atoms with Gasteiger partial charge in [-0.3, -0.25) is 0 Å². The second kappa shape index (κ2) is 9.33. The molecule has 0 aliphatic heterocycles. The van der Waals surface area contributed by atoms with E-state index >= 15 is 0 Å². The molecule has 0 aliphatic rings. The Hall–Kier alpha value is -0.620. The van der Waals surface area contributed by atoms with Crippen molar-refractivity contribution < 1.29 is 23.7 Å². The fourth-order valence-electron chi connectivity index (χ4n) is 1.43. The van der Waals surface area contributed by atoms with Crippen LogP contribution in [-0.4, -0.2) is 38.7 Å². The van der Waals surface area contributed by atoms with Gasteiger partial charge < -0.3 is 23.7 Å². The summed E-state index contributed by atoms with van der Waals surface area (Å²) in [5.41, 5.74) is 0. The zero-order valence-electron chi connectivity index (χ0n) is 11.9. The van der Waals surface area contributed by atoms with Crippen LogP contribution in [-0.2, 0) is 23.7 Å². The maximum absolute atomic E-state index is 5.56. The minimum atomic E-state index is -1.39. The molecule has 0 aromatic heterocycles. The van der Waals surface area contributed by atoms with Gasteiger partial charge in [0.2, 0.25) is 0 Å². The minimum absolute atomic E-state index is 0.201. The monoisotopic (exact) mass is 261 g/mol. The molecular weight excluding hydrogens is 236 g/mol. The first-order chi connectivity index (χ1) is 8.56. The average molecular weight is 261 g/mol. The van der Waals surface area contributed by atoms with Gasteiger partial charge in [-0.15, -0.1) is 0 Å². The predicted octanol–water partition coefficient (Wildman–Crippen LogP) is 2.48. The zero-order valence-corrected chi connectivity index (χ0v) is 11.9. The van der Waals surface area contributed by atoms with E-state index in [0.717, 1.165) is 0 Å². The first kappa shape index (κ1) is 17.4. The van der Waals surface area contributed by atoms with E-state index < -0.39 is 12.3 Å². The van der Waals surface area contributed by atoms with E-state index in [-0.39, 0.29) is 6.61 Å². The van der Waals surface area contributed by atoms with Gasteiger partial charge in [0.05, 0.1) is 12.4 Å². The van der Waals surface area contributed by atoms with E-state index in [1.165, 1.54) is 0 Å². The van der Waals surface area contributed by atoms with Gasteiger partial charge in [0, 0.05) is 19.8 Å². The second-order valence-corrected chi connectivity index (χ2v) is 3.43. The van der Waals surface area contributed by atoms with Crippen LogP contribution >= 0.6 is 0 Å². The molecule has 0 aromatic rings. The third-order valence-corrected chi connectivity index (χ3v) is 1.90. The van der Waals surface area contributed by atoms with E-state index in [9.17, 15) is 0 Å². The molecule has 107 valence electrons. The number of hydrogen-bond acceptors (Lipinski definition) is 5. The Labute approximate surface area is 110 Å². The summed E-state index contributed by atoms with van der Waals surface area (Å²) in [7, 11) is 0. The Morgan fingerprint density at radius 1 is 1.06 bits per heavy atom. The van der Waals surface area contributed by atoms with E-state index in [0.29, 0.717) is 25.6 Å².